The molecular weight excluding hydrogens is 258 g/mol. The van der Waals surface area contributed by atoms with Crippen LogP contribution in [-0.2, 0) is 0 Å². The number of hydrogen-bond acceptors (Lipinski definition) is 3. The fourth-order valence-electron chi connectivity index (χ4n) is 1.25. The molecule has 0 saturated carbocycles. The predicted octanol–water partition coefficient (Wildman–Crippen LogP) is 3.22. The van der Waals surface area contributed by atoms with E-state index in [0.29, 0.717) is 17.1 Å². The summed E-state index contributed by atoms with van der Waals surface area (Å²) in [4.78, 5) is 0.657. The van der Waals surface area contributed by atoms with Crippen molar-refractivity contribution >= 4 is 17.6 Å². The molecule has 0 saturated heterocycles. The first kappa shape index (κ1) is 14.8. The molecule has 18 heavy (non-hydrogen) atoms. The molecule has 3 N–H and O–H groups in total. The molecule has 6 heteroatoms. The number of oxime groups is 1. The van der Waals surface area contributed by atoms with E-state index >= 15 is 0 Å². The van der Waals surface area contributed by atoms with Gasteiger partial charge in [-0.1, -0.05) is 19.0 Å². The van der Waals surface area contributed by atoms with Crippen LogP contribution in [0.15, 0.2) is 28.3 Å². The summed E-state index contributed by atoms with van der Waals surface area (Å²) in [6.07, 6.45) is 0.659. The summed E-state index contributed by atoms with van der Waals surface area (Å²) < 4.78 is 25.7. The quantitative estimate of drug-likeness (QED) is 0.285. The maximum absolute atomic E-state index is 13.0. The van der Waals surface area contributed by atoms with Crippen molar-refractivity contribution in [3.05, 3.63) is 29.8 Å². The third kappa shape index (κ3) is 3.87. The molecule has 0 atom stereocenters. The number of nitrogens with zero attached hydrogens (tertiary/aromatic N) is 1. The molecule has 0 spiro atoms. The van der Waals surface area contributed by atoms with E-state index in [1.807, 2.05) is 13.8 Å². The standard InChI is InChI=1S/C12H16F2N2OS/c1-12(2,11(15)16-17)5-6-18-8-3-4-9(13)10(14)7-8/h3-4,7,17H,5-6H2,1-2H3,(H2,15,16). The van der Waals surface area contributed by atoms with Crippen molar-refractivity contribution in [1.82, 2.24) is 0 Å². The topological polar surface area (TPSA) is 58.6 Å². The molecule has 0 aliphatic carbocycles. The van der Waals surface area contributed by atoms with Crippen molar-refractivity contribution in [3.63, 3.8) is 0 Å². The van der Waals surface area contributed by atoms with Crippen molar-refractivity contribution in [2.45, 2.75) is 25.2 Å². The molecule has 0 radical (unpaired) electrons. The van der Waals surface area contributed by atoms with Crippen LogP contribution in [0.4, 0.5) is 8.78 Å². The van der Waals surface area contributed by atoms with Crippen molar-refractivity contribution in [3.8, 4) is 0 Å². The number of rotatable bonds is 5. The van der Waals surface area contributed by atoms with Crippen LogP contribution in [0.3, 0.4) is 0 Å². The van der Waals surface area contributed by atoms with Gasteiger partial charge >= 0.3 is 0 Å². The van der Waals surface area contributed by atoms with Crippen LogP contribution >= 0.6 is 11.8 Å². The predicted molar refractivity (Wildman–Crippen MR) is 68.9 cm³/mol. The van der Waals surface area contributed by atoms with Gasteiger partial charge in [-0.15, -0.1) is 11.8 Å². The van der Waals surface area contributed by atoms with Crippen LogP contribution in [0.1, 0.15) is 20.3 Å². The smallest absolute Gasteiger partial charge is 0.159 e. The van der Waals surface area contributed by atoms with E-state index < -0.39 is 17.0 Å². The summed E-state index contributed by atoms with van der Waals surface area (Å²) in [7, 11) is 0. The molecule has 0 aromatic heterocycles. The first-order valence-electron chi connectivity index (χ1n) is 5.42. The second-order valence-corrected chi connectivity index (χ2v) is 5.71. The number of benzene rings is 1. The van der Waals surface area contributed by atoms with Crippen LogP contribution < -0.4 is 5.73 Å². The van der Waals surface area contributed by atoms with Gasteiger partial charge in [0.25, 0.3) is 0 Å². The van der Waals surface area contributed by atoms with Crippen LogP contribution in [0, 0.1) is 17.0 Å². The van der Waals surface area contributed by atoms with Gasteiger partial charge in [0.05, 0.1) is 0 Å². The third-order valence-electron chi connectivity index (χ3n) is 2.69. The number of amidine groups is 1. The summed E-state index contributed by atoms with van der Waals surface area (Å²) in [5.41, 5.74) is 5.13. The SMILES string of the molecule is CC(C)(CCSc1ccc(F)c(F)c1)C(N)=NO. The van der Waals surface area contributed by atoms with Crippen molar-refractivity contribution in [2.24, 2.45) is 16.3 Å². The second-order valence-electron chi connectivity index (χ2n) is 4.54. The zero-order valence-corrected chi connectivity index (χ0v) is 11.1. The lowest BCUT2D eigenvalue weighted by atomic mass is 9.89. The van der Waals surface area contributed by atoms with Crippen LogP contribution in [0.25, 0.3) is 0 Å². The Labute approximate surface area is 109 Å². The first-order valence-corrected chi connectivity index (χ1v) is 6.41. The lowest BCUT2D eigenvalue weighted by Gasteiger charge is -2.22. The zero-order chi connectivity index (χ0) is 13.8. The van der Waals surface area contributed by atoms with Crippen molar-refractivity contribution in [2.75, 3.05) is 5.75 Å². The minimum Gasteiger partial charge on any atom is -0.409 e. The molecular formula is C12H16F2N2OS. The largest absolute Gasteiger partial charge is 0.409 e. The van der Waals surface area contributed by atoms with E-state index in [9.17, 15) is 8.78 Å². The Bertz CT molecular complexity index is 450. The maximum atomic E-state index is 13.0. The summed E-state index contributed by atoms with van der Waals surface area (Å²) in [6, 6.07) is 3.79. The maximum Gasteiger partial charge on any atom is 0.159 e. The van der Waals surface area contributed by atoms with E-state index in [0.717, 1.165) is 12.1 Å². The summed E-state index contributed by atoms with van der Waals surface area (Å²) in [5, 5.41) is 11.6. The van der Waals surface area contributed by atoms with Crippen LogP contribution in [-0.4, -0.2) is 16.8 Å². The Balaban J connectivity index is 2.54. The monoisotopic (exact) mass is 274 g/mol. The lowest BCUT2D eigenvalue weighted by molar-refractivity contribution is 0.307. The molecule has 100 valence electrons. The number of thioether (sulfide) groups is 1. The van der Waals surface area contributed by atoms with Gasteiger partial charge in [-0.25, -0.2) is 8.78 Å². The van der Waals surface area contributed by atoms with E-state index in [1.165, 1.54) is 17.8 Å². The average Bonchev–Trinajstić information content (AvgIpc) is 2.32. The molecule has 1 rings (SSSR count). The Kier molecular flexibility index (Phi) is 4.95. The van der Waals surface area contributed by atoms with E-state index in [-0.39, 0.29) is 5.84 Å². The molecule has 1 aromatic carbocycles. The van der Waals surface area contributed by atoms with Gasteiger partial charge in [0.1, 0.15) is 5.84 Å². The first-order chi connectivity index (χ1) is 8.36. The van der Waals surface area contributed by atoms with E-state index in [2.05, 4.69) is 5.16 Å². The molecule has 0 fully saturated rings. The zero-order valence-electron chi connectivity index (χ0n) is 10.3. The molecule has 3 nitrogen and oxygen atoms in total. The Morgan fingerprint density at radius 1 is 1.39 bits per heavy atom. The van der Waals surface area contributed by atoms with Gasteiger partial charge in [-0.05, 0) is 30.4 Å². The van der Waals surface area contributed by atoms with E-state index in [1.54, 1.807) is 0 Å². The molecule has 0 aliphatic heterocycles. The van der Waals surface area contributed by atoms with Gasteiger partial charge in [0.2, 0.25) is 0 Å². The van der Waals surface area contributed by atoms with Crippen LogP contribution in [0.2, 0.25) is 0 Å². The Morgan fingerprint density at radius 3 is 2.61 bits per heavy atom. The molecule has 0 amide bonds. The summed E-state index contributed by atoms with van der Waals surface area (Å²) >= 11 is 1.40. The lowest BCUT2D eigenvalue weighted by Crippen LogP contribution is -2.32. The molecule has 0 aliphatic rings. The van der Waals surface area contributed by atoms with Crippen molar-refractivity contribution < 1.29 is 14.0 Å². The highest BCUT2D eigenvalue weighted by molar-refractivity contribution is 7.99. The van der Waals surface area contributed by atoms with E-state index in [4.69, 9.17) is 10.9 Å². The Morgan fingerprint density at radius 2 is 2.06 bits per heavy atom. The number of hydrogen-bond donors (Lipinski definition) is 2. The molecule has 1 aromatic rings. The number of halogens is 2. The van der Waals surface area contributed by atoms with Gasteiger partial charge in [0, 0.05) is 10.3 Å². The fraction of sp³-hybridized carbons (Fsp3) is 0.417. The fourth-order valence-corrected chi connectivity index (χ4v) is 2.45. The third-order valence-corrected chi connectivity index (χ3v) is 3.68. The summed E-state index contributed by atoms with van der Waals surface area (Å²) in [6.45, 7) is 3.71. The summed E-state index contributed by atoms with van der Waals surface area (Å²) in [5.74, 6) is -0.880. The van der Waals surface area contributed by atoms with Gasteiger partial charge in [-0.2, -0.15) is 0 Å². The highest BCUT2D eigenvalue weighted by Crippen LogP contribution is 2.27. The normalized spacial score (nSPS) is 12.8. The highest BCUT2D eigenvalue weighted by Gasteiger charge is 2.23. The average molecular weight is 274 g/mol. The van der Waals surface area contributed by atoms with Crippen molar-refractivity contribution in [1.29, 1.82) is 0 Å². The molecule has 0 heterocycles. The van der Waals surface area contributed by atoms with Gasteiger partial charge in [-0.3, -0.25) is 0 Å². The minimum atomic E-state index is -0.851. The van der Waals surface area contributed by atoms with Gasteiger partial charge in [0.15, 0.2) is 11.6 Å². The van der Waals surface area contributed by atoms with Crippen LogP contribution in [0.5, 0.6) is 0 Å². The molecule has 0 bridgehead atoms. The molecule has 0 unspecified atom stereocenters. The number of nitrogens with two attached hydrogens (primary N) is 1. The highest BCUT2D eigenvalue weighted by atomic mass is 32.2. The van der Waals surface area contributed by atoms with Gasteiger partial charge < -0.3 is 10.9 Å². The second kappa shape index (κ2) is 6.04. The minimum absolute atomic E-state index is 0.161. The Hall–Kier alpha value is -1.30.